The van der Waals surface area contributed by atoms with E-state index < -0.39 is 0 Å². The Morgan fingerprint density at radius 1 is 0.935 bits per heavy atom. The molecule has 0 heterocycles. The zero-order valence-electron chi connectivity index (χ0n) is 17.9. The molecule has 3 aromatic carbocycles. The van der Waals surface area contributed by atoms with Crippen molar-refractivity contribution in [2.75, 3.05) is 5.32 Å². The van der Waals surface area contributed by atoms with Crippen LogP contribution >= 0.6 is 0 Å². The maximum atomic E-state index is 13.2. The summed E-state index contributed by atoms with van der Waals surface area (Å²) in [4.78, 5) is 25.0. The first-order valence-corrected chi connectivity index (χ1v) is 9.86. The number of amides is 1. The number of hydrogen-bond acceptors (Lipinski definition) is 3. The van der Waals surface area contributed by atoms with Crippen LogP contribution in [0.5, 0.6) is 0 Å². The highest BCUT2D eigenvalue weighted by Crippen LogP contribution is 2.31. The molecule has 0 spiro atoms. The monoisotopic (exact) mass is 411 g/mol. The van der Waals surface area contributed by atoms with E-state index in [1.54, 1.807) is 36.4 Å². The lowest BCUT2D eigenvalue weighted by molar-refractivity contribution is 0.101. The zero-order chi connectivity index (χ0) is 22.7. The van der Waals surface area contributed by atoms with Gasteiger partial charge in [0.05, 0.1) is 0 Å². The Hall–Kier alpha value is -3.99. The van der Waals surface area contributed by atoms with Gasteiger partial charge in [0.15, 0.2) is 5.78 Å². The van der Waals surface area contributed by atoms with Crippen LogP contribution in [-0.4, -0.2) is 17.5 Å². The topological polar surface area (TPSA) is 96.0 Å². The van der Waals surface area contributed by atoms with Crippen LogP contribution in [0.3, 0.4) is 0 Å². The van der Waals surface area contributed by atoms with Crippen LogP contribution in [0, 0.1) is 19.3 Å². The SMILES string of the molecule is C=Cc1cc(C(=O)Nc2ccc(C(=N)N)cc2)c(-c2ccc(C(C)=O)cc2C)cc1C. The molecule has 0 aliphatic carbocycles. The Kier molecular flexibility index (Phi) is 6.16. The number of rotatable bonds is 6. The molecule has 0 aliphatic heterocycles. The quantitative estimate of drug-likeness (QED) is 0.290. The standard InChI is InChI=1S/C26H25N3O2/c1-5-18-14-24(26(31)29-21-9-6-19(7-10-21)25(27)28)23(13-15(18)2)22-11-8-20(17(4)30)12-16(22)3/h5-14H,1H2,2-4H3,(H3,27,28)(H,29,31). The van der Waals surface area contributed by atoms with Crippen molar-refractivity contribution in [3.05, 3.63) is 94.6 Å². The van der Waals surface area contributed by atoms with Crippen LogP contribution in [0.15, 0.2) is 61.2 Å². The van der Waals surface area contributed by atoms with E-state index >= 15 is 0 Å². The summed E-state index contributed by atoms with van der Waals surface area (Å²) in [5.41, 5.74) is 12.3. The summed E-state index contributed by atoms with van der Waals surface area (Å²) in [6.07, 6.45) is 1.73. The summed E-state index contributed by atoms with van der Waals surface area (Å²) in [6.45, 7) is 9.29. The van der Waals surface area contributed by atoms with E-state index in [4.69, 9.17) is 11.1 Å². The molecule has 0 saturated heterocycles. The summed E-state index contributed by atoms with van der Waals surface area (Å²) < 4.78 is 0. The van der Waals surface area contributed by atoms with Crippen LogP contribution in [0.2, 0.25) is 0 Å². The van der Waals surface area contributed by atoms with Gasteiger partial charge in [-0.25, -0.2) is 0 Å². The first kappa shape index (κ1) is 21.7. The van der Waals surface area contributed by atoms with E-state index in [1.165, 1.54) is 6.92 Å². The maximum absolute atomic E-state index is 13.2. The highest BCUT2D eigenvalue weighted by atomic mass is 16.1. The fraction of sp³-hybridized carbons (Fsp3) is 0.115. The van der Waals surface area contributed by atoms with Crippen LogP contribution in [0.4, 0.5) is 5.69 Å². The van der Waals surface area contributed by atoms with Gasteiger partial charge < -0.3 is 11.1 Å². The van der Waals surface area contributed by atoms with E-state index in [-0.39, 0.29) is 17.5 Å². The highest BCUT2D eigenvalue weighted by molar-refractivity contribution is 6.10. The second kappa shape index (κ2) is 8.79. The Morgan fingerprint density at radius 2 is 1.58 bits per heavy atom. The molecule has 0 aliphatic rings. The summed E-state index contributed by atoms with van der Waals surface area (Å²) >= 11 is 0. The molecule has 3 aromatic rings. The van der Waals surface area contributed by atoms with Crippen molar-refractivity contribution >= 4 is 29.3 Å². The van der Waals surface area contributed by atoms with Crippen molar-refractivity contribution in [1.29, 1.82) is 5.41 Å². The second-order valence-corrected chi connectivity index (χ2v) is 7.49. The number of ketones is 1. The average Bonchev–Trinajstić information content (AvgIpc) is 2.73. The lowest BCUT2D eigenvalue weighted by Crippen LogP contribution is -2.15. The fourth-order valence-electron chi connectivity index (χ4n) is 3.47. The molecule has 0 bridgehead atoms. The van der Waals surface area contributed by atoms with Crippen LogP contribution in [-0.2, 0) is 0 Å². The summed E-state index contributed by atoms with van der Waals surface area (Å²) in [5, 5.41) is 10.4. The van der Waals surface area contributed by atoms with Gasteiger partial charge in [0, 0.05) is 22.4 Å². The van der Waals surface area contributed by atoms with E-state index in [0.717, 1.165) is 27.8 Å². The van der Waals surface area contributed by atoms with Crippen LogP contribution in [0.1, 0.15) is 49.9 Å². The lowest BCUT2D eigenvalue weighted by atomic mass is 9.90. The van der Waals surface area contributed by atoms with Crippen molar-refractivity contribution < 1.29 is 9.59 Å². The molecular weight excluding hydrogens is 386 g/mol. The zero-order valence-corrected chi connectivity index (χ0v) is 17.9. The molecule has 1 amide bonds. The van der Waals surface area contributed by atoms with Crippen molar-refractivity contribution in [2.45, 2.75) is 20.8 Å². The van der Waals surface area contributed by atoms with Gasteiger partial charge in [-0.1, -0.05) is 30.9 Å². The first-order chi connectivity index (χ1) is 14.7. The highest BCUT2D eigenvalue weighted by Gasteiger charge is 2.17. The van der Waals surface area contributed by atoms with Crippen LogP contribution in [0.25, 0.3) is 17.2 Å². The molecule has 5 heteroatoms. The Balaban J connectivity index is 2.06. The third-order valence-corrected chi connectivity index (χ3v) is 5.25. The van der Waals surface area contributed by atoms with Gasteiger partial charge in [0.1, 0.15) is 5.84 Å². The molecule has 4 N–H and O–H groups in total. The number of nitrogens with one attached hydrogen (secondary N) is 2. The number of aryl methyl sites for hydroxylation is 2. The van der Waals surface area contributed by atoms with Gasteiger partial charge in [-0.2, -0.15) is 0 Å². The molecule has 5 nitrogen and oxygen atoms in total. The maximum Gasteiger partial charge on any atom is 0.256 e. The normalized spacial score (nSPS) is 10.4. The molecule has 31 heavy (non-hydrogen) atoms. The van der Waals surface area contributed by atoms with Gasteiger partial charge in [-0.15, -0.1) is 0 Å². The molecule has 0 radical (unpaired) electrons. The Morgan fingerprint density at radius 3 is 2.13 bits per heavy atom. The smallest absolute Gasteiger partial charge is 0.256 e. The van der Waals surface area contributed by atoms with Gasteiger partial charge in [-0.3, -0.25) is 15.0 Å². The van der Waals surface area contributed by atoms with Gasteiger partial charge in [0.25, 0.3) is 5.91 Å². The number of carbonyl (C=O) groups excluding carboxylic acids is 2. The number of nitrogens with two attached hydrogens (primary N) is 1. The van der Waals surface area contributed by atoms with Gasteiger partial charge in [-0.05, 0) is 85.0 Å². The van der Waals surface area contributed by atoms with Crippen LogP contribution < -0.4 is 11.1 Å². The minimum Gasteiger partial charge on any atom is -0.384 e. The minimum absolute atomic E-state index is 0.000176. The predicted molar refractivity (Wildman–Crippen MR) is 127 cm³/mol. The molecule has 0 unspecified atom stereocenters. The minimum atomic E-state index is -0.260. The van der Waals surface area contributed by atoms with E-state index in [9.17, 15) is 9.59 Å². The molecule has 0 saturated carbocycles. The van der Waals surface area contributed by atoms with Crippen molar-refractivity contribution in [2.24, 2.45) is 5.73 Å². The molecular formula is C26H25N3O2. The Labute approximate surface area is 182 Å². The number of hydrogen-bond donors (Lipinski definition) is 3. The van der Waals surface area contributed by atoms with Crippen molar-refractivity contribution in [3.8, 4) is 11.1 Å². The van der Waals surface area contributed by atoms with Crippen molar-refractivity contribution in [3.63, 3.8) is 0 Å². The van der Waals surface area contributed by atoms with E-state index in [2.05, 4.69) is 11.9 Å². The first-order valence-electron chi connectivity index (χ1n) is 9.86. The summed E-state index contributed by atoms with van der Waals surface area (Å²) in [5.74, 6) is -0.290. The number of anilines is 1. The van der Waals surface area contributed by atoms with E-state index in [1.807, 2.05) is 38.1 Å². The fourth-order valence-corrected chi connectivity index (χ4v) is 3.47. The van der Waals surface area contributed by atoms with Gasteiger partial charge in [0.2, 0.25) is 0 Å². The third-order valence-electron chi connectivity index (χ3n) is 5.25. The third kappa shape index (κ3) is 4.61. The molecule has 0 aromatic heterocycles. The summed E-state index contributed by atoms with van der Waals surface area (Å²) in [6, 6.07) is 16.1. The van der Waals surface area contributed by atoms with Crippen molar-refractivity contribution in [1.82, 2.24) is 0 Å². The number of Topliss-reactive ketones (excluding diaryl/α,β-unsaturated/α-hetero) is 1. The molecule has 156 valence electrons. The largest absolute Gasteiger partial charge is 0.384 e. The predicted octanol–water partition coefficient (Wildman–Crippen LogP) is 5.35. The number of benzene rings is 3. The molecule has 0 fully saturated rings. The number of amidine groups is 1. The average molecular weight is 412 g/mol. The molecule has 3 rings (SSSR count). The lowest BCUT2D eigenvalue weighted by Gasteiger charge is -2.16. The molecule has 0 atom stereocenters. The number of carbonyl (C=O) groups is 2. The van der Waals surface area contributed by atoms with Gasteiger partial charge >= 0.3 is 0 Å². The Bertz CT molecular complexity index is 1210. The second-order valence-electron chi connectivity index (χ2n) is 7.49. The van der Waals surface area contributed by atoms with E-state index in [0.29, 0.717) is 22.4 Å². The number of nitrogen functional groups attached to an aromatic ring is 1. The summed E-state index contributed by atoms with van der Waals surface area (Å²) in [7, 11) is 0.